The molecule has 2 aromatic rings. The van der Waals surface area contributed by atoms with Gasteiger partial charge in [-0.2, -0.15) is 0 Å². The lowest BCUT2D eigenvalue weighted by Gasteiger charge is -2.18. The zero-order chi connectivity index (χ0) is 19.1. The van der Waals surface area contributed by atoms with Crippen molar-refractivity contribution in [1.29, 1.82) is 0 Å². The maximum Gasteiger partial charge on any atom is 0.328 e. The van der Waals surface area contributed by atoms with Crippen LogP contribution in [0.3, 0.4) is 0 Å². The molecular weight excluding hydrogens is 336 g/mol. The smallest absolute Gasteiger partial charge is 0.328 e. The largest absolute Gasteiger partial charge is 0.467 e. The number of methoxy groups -OCH3 is 1. The third-order valence-electron chi connectivity index (χ3n) is 3.65. The molecule has 7 heteroatoms. The number of esters is 1. The Morgan fingerprint density at radius 3 is 2.31 bits per heavy atom. The standard InChI is InChI=1S/C19H22N2O5/c1-12(2)11-15(19(24)25-3)21-17(22)13-6-8-14(9-7-13)20-18(23)16-5-4-10-26-16/h4-10,12,15H,11H2,1-3H3,(H,20,23)(H,21,22). The van der Waals surface area contributed by atoms with Gasteiger partial charge in [-0.1, -0.05) is 13.8 Å². The van der Waals surface area contributed by atoms with Crippen LogP contribution in [0, 0.1) is 5.92 Å². The minimum atomic E-state index is -0.703. The summed E-state index contributed by atoms with van der Waals surface area (Å²) in [7, 11) is 1.29. The van der Waals surface area contributed by atoms with Gasteiger partial charge in [0.2, 0.25) is 0 Å². The number of anilines is 1. The van der Waals surface area contributed by atoms with Gasteiger partial charge in [-0.15, -0.1) is 0 Å². The van der Waals surface area contributed by atoms with Crippen LogP contribution in [0.4, 0.5) is 5.69 Å². The third kappa shape index (κ3) is 5.20. The molecule has 0 aliphatic rings. The summed E-state index contributed by atoms with van der Waals surface area (Å²) in [4.78, 5) is 36.1. The lowest BCUT2D eigenvalue weighted by molar-refractivity contribution is -0.143. The monoisotopic (exact) mass is 358 g/mol. The number of ether oxygens (including phenoxy) is 1. The van der Waals surface area contributed by atoms with Crippen molar-refractivity contribution in [2.45, 2.75) is 26.3 Å². The maximum atomic E-state index is 12.4. The molecule has 1 unspecified atom stereocenters. The van der Waals surface area contributed by atoms with Crippen molar-refractivity contribution >= 4 is 23.5 Å². The quantitative estimate of drug-likeness (QED) is 0.742. The van der Waals surface area contributed by atoms with Crippen LogP contribution in [-0.4, -0.2) is 30.9 Å². The number of rotatable bonds is 7. The molecule has 0 aliphatic heterocycles. The Hall–Kier alpha value is -3.09. The van der Waals surface area contributed by atoms with Crippen LogP contribution < -0.4 is 10.6 Å². The average Bonchev–Trinajstić information content (AvgIpc) is 3.15. The average molecular weight is 358 g/mol. The van der Waals surface area contributed by atoms with Crippen LogP contribution in [0.25, 0.3) is 0 Å². The normalized spacial score (nSPS) is 11.7. The van der Waals surface area contributed by atoms with E-state index in [1.807, 2.05) is 13.8 Å². The summed E-state index contributed by atoms with van der Waals surface area (Å²) in [5, 5.41) is 5.35. The fraction of sp³-hybridized carbons (Fsp3) is 0.316. The molecule has 7 nitrogen and oxygen atoms in total. The maximum absolute atomic E-state index is 12.4. The summed E-state index contributed by atoms with van der Waals surface area (Å²) < 4.78 is 9.76. The summed E-state index contributed by atoms with van der Waals surface area (Å²) in [6.07, 6.45) is 1.90. The van der Waals surface area contributed by atoms with E-state index in [1.54, 1.807) is 36.4 Å². The molecule has 0 aliphatic carbocycles. The first-order valence-electron chi connectivity index (χ1n) is 8.24. The minimum absolute atomic E-state index is 0.196. The fourth-order valence-electron chi connectivity index (χ4n) is 2.37. The Morgan fingerprint density at radius 1 is 1.08 bits per heavy atom. The van der Waals surface area contributed by atoms with E-state index in [9.17, 15) is 14.4 Å². The topological polar surface area (TPSA) is 97.6 Å². The summed E-state index contributed by atoms with van der Waals surface area (Å²) in [6.45, 7) is 3.91. The van der Waals surface area contributed by atoms with Crippen LogP contribution in [-0.2, 0) is 9.53 Å². The molecule has 1 aromatic heterocycles. The summed E-state index contributed by atoms with van der Waals surface area (Å²) in [5.41, 5.74) is 0.897. The Kier molecular flexibility index (Phi) is 6.54. The van der Waals surface area contributed by atoms with E-state index >= 15 is 0 Å². The van der Waals surface area contributed by atoms with Gasteiger partial charge in [0.05, 0.1) is 13.4 Å². The molecule has 0 radical (unpaired) electrons. The molecule has 138 valence electrons. The van der Waals surface area contributed by atoms with E-state index in [-0.39, 0.29) is 23.5 Å². The van der Waals surface area contributed by atoms with Crippen LogP contribution >= 0.6 is 0 Å². The fourth-order valence-corrected chi connectivity index (χ4v) is 2.37. The second-order valence-corrected chi connectivity index (χ2v) is 6.19. The van der Waals surface area contributed by atoms with Crippen molar-refractivity contribution in [3.63, 3.8) is 0 Å². The Morgan fingerprint density at radius 2 is 1.77 bits per heavy atom. The van der Waals surface area contributed by atoms with Gasteiger partial charge in [0, 0.05) is 11.3 Å². The number of hydrogen-bond acceptors (Lipinski definition) is 5. The zero-order valence-corrected chi connectivity index (χ0v) is 14.9. The van der Waals surface area contributed by atoms with E-state index in [0.717, 1.165) is 0 Å². The predicted octanol–water partition coefficient (Wildman–Crippen LogP) is 2.85. The van der Waals surface area contributed by atoms with Crippen LogP contribution in [0.1, 0.15) is 41.2 Å². The first-order valence-corrected chi connectivity index (χ1v) is 8.24. The van der Waals surface area contributed by atoms with Crippen molar-refractivity contribution in [2.75, 3.05) is 12.4 Å². The van der Waals surface area contributed by atoms with Crippen molar-refractivity contribution < 1.29 is 23.5 Å². The number of carbonyl (C=O) groups excluding carboxylic acids is 3. The van der Waals surface area contributed by atoms with Crippen LogP contribution in [0.5, 0.6) is 0 Å². The van der Waals surface area contributed by atoms with Crippen molar-refractivity contribution in [3.8, 4) is 0 Å². The Balaban J connectivity index is 2.01. The van der Waals surface area contributed by atoms with Gasteiger partial charge in [0.1, 0.15) is 6.04 Å². The number of hydrogen-bond donors (Lipinski definition) is 2. The summed E-state index contributed by atoms with van der Waals surface area (Å²) >= 11 is 0. The molecule has 0 saturated carbocycles. The summed E-state index contributed by atoms with van der Waals surface area (Å²) in [5.74, 6) is -0.825. The molecule has 2 amide bonds. The lowest BCUT2D eigenvalue weighted by Crippen LogP contribution is -2.42. The minimum Gasteiger partial charge on any atom is -0.467 e. The highest BCUT2D eigenvalue weighted by atomic mass is 16.5. The van der Waals surface area contributed by atoms with Gasteiger partial charge in [0.15, 0.2) is 5.76 Å². The second-order valence-electron chi connectivity index (χ2n) is 6.19. The molecule has 1 heterocycles. The molecule has 2 rings (SSSR count). The SMILES string of the molecule is COC(=O)C(CC(C)C)NC(=O)c1ccc(NC(=O)c2ccco2)cc1. The highest BCUT2D eigenvalue weighted by molar-refractivity contribution is 6.02. The predicted molar refractivity (Wildman–Crippen MR) is 95.8 cm³/mol. The second kappa shape index (κ2) is 8.84. The van der Waals surface area contributed by atoms with E-state index in [4.69, 9.17) is 9.15 Å². The van der Waals surface area contributed by atoms with Crippen molar-refractivity contribution in [1.82, 2.24) is 5.32 Å². The highest BCUT2D eigenvalue weighted by Gasteiger charge is 2.23. The van der Waals surface area contributed by atoms with Gasteiger partial charge in [0.25, 0.3) is 11.8 Å². The number of furan rings is 1. The van der Waals surface area contributed by atoms with Gasteiger partial charge < -0.3 is 19.8 Å². The molecule has 0 saturated heterocycles. The first kappa shape index (κ1) is 19.2. The van der Waals surface area contributed by atoms with E-state index < -0.39 is 12.0 Å². The lowest BCUT2D eigenvalue weighted by atomic mass is 10.0. The van der Waals surface area contributed by atoms with Gasteiger partial charge in [-0.05, 0) is 48.7 Å². The summed E-state index contributed by atoms with van der Waals surface area (Å²) in [6, 6.07) is 8.81. The molecular formula is C19H22N2O5. The highest BCUT2D eigenvalue weighted by Crippen LogP contribution is 2.13. The van der Waals surface area contributed by atoms with Gasteiger partial charge in [-0.25, -0.2) is 4.79 Å². The molecule has 1 atom stereocenters. The zero-order valence-electron chi connectivity index (χ0n) is 14.9. The third-order valence-corrected chi connectivity index (χ3v) is 3.65. The molecule has 1 aromatic carbocycles. The molecule has 0 spiro atoms. The molecule has 0 fully saturated rings. The Bertz CT molecular complexity index is 751. The van der Waals surface area contributed by atoms with E-state index in [0.29, 0.717) is 17.7 Å². The number of benzene rings is 1. The number of carbonyl (C=O) groups is 3. The first-order chi connectivity index (χ1) is 12.4. The van der Waals surface area contributed by atoms with Crippen LogP contribution in [0.15, 0.2) is 47.1 Å². The van der Waals surface area contributed by atoms with E-state index in [1.165, 1.54) is 13.4 Å². The van der Waals surface area contributed by atoms with Crippen LogP contribution in [0.2, 0.25) is 0 Å². The van der Waals surface area contributed by atoms with E-state index in [2.05, 4.69) is 10.6 Å². The molecule has 26 heavy (non-hydrogen) atoms. The number of amides is 2. The van der Waals surface area contributed by atoms with Gasteiger partial charge >= 0.3 is 5.97 Å². The van der Waals surface area contributed by atoms with Gasteiger partial charge in [-0.3, -0.25) is 9.59 Å². The van der Waals surface area contributed by atoms with Crippen molar-refractivity contribution in [2.24, 2.45) is 5.92 Å². The number of nitrogens with one attached hydrogen (secondary N) is 2. The Labute approximate surface area is 151 Å². The molecule has 0 bridgehead atoms. The molecule has 2 N–H and O–H groups in total. The van der Waals surface area contributed by atoms with Crippen molar-refractivity contribution in [3.05, 3.63) is 54.0 Å².